The molecule has 1 atom stereocenters. The topological polar surface area (TPSA) is 58.4 Å². The predicted octanol–water partition coefficient (Wildman–Crippen LogP) is 0.988. The van der Waals surface area contributed by atoms with E-state index >= 15 is 0 Å². The summed E-state index contributed by atoms with van der Waals surface area (Å²) in [6.07, 6.45) is 3.41. The smallest absolute Gasteiger partial charge is 0.246 e. The SMILES string of the molecule is Cc1nn(C)c(Cl)c1C=CC(=O)N1CC[C@@H](O)C1. The molecule has 1 aliphatic heterocycles. The van der Waals surface area contributed by atoms with Crippen LogP contribution in [0.5, 0.6) is 0 Å². The summed E-state index contributed by atoms with van der Waals surface area (Å²) in [4.78, 5) is 13.5. The van der Waals surface area contributed by atoms with Gasteiger partial charge >= 0.3 is 0 Å². The molecule has 18 heavy (non-hydrogen) atoms. The minimum absolute atomic E-state index is 0.106. The third-order valence-electron chi connectivity index (χ3n) is 3.06. The van der Waals surface area contributed by atoms with Crippen molar-refractivity contribution in [3.63, 3.8) is 0 Å². The van der Waals surface area contributed by atoms with Crippen LogP contribution in [0.3, 0.4) is 0 Å². The van der Waals surface area contributed by atoms with Crippen molar-refractivity contribution in [1.29, 1.82) is 0 Å². The number of carbonyl (C=O) groups is 1. The Balaban J connectivity index is 2.09. The van der Waals surface area contributed by atoms with Gasteiger partial charge in [0.15, 0.2) is 0 Å². The number of β-amino-alcohol motifs (C(OH)–C–C–N with tert-alkyl or cyclic N) is 1. The highest BCUT2D eigenvalue weighted by atomic mass is 35.5. The molecule has 1 aromatic rings. The van der Waals surface area contributed by atoms with E-state index in [-0.39, 0.29) is 5.91 Å². The molecule has 1 aliphatic rings. The van der Waals surface area contributed by atoms with E-state index in [0.717, 1.165) is 11.3 Å². The molecule has 1 amide bonds. The van der Waals surface area contributed by atoms with Crippen LogP contribution >= 0.6 is 11.6 Å². The fourth-order valence-corrected chi connectivity index (χ4v) is 2.28. The highest BCUT2D eigenvalue weighted by molar-refractivity contribution is 6.31. The largest absolute Gasteiger partial charge is 0.391 e. The number of halogens is 1. The van der Waals surface area contributed by atoms with Crippen molar-refractivity contribution < 1.29 is 9.90 Å². The van der Waals surface area contributed by atoms with E-state index in [1.807, 2.05) is 6.92 Å². The van der Waals surface area contributed by atoms with Crippen molar-refractivity contribution in [3.8, 4) is 0 Å². The minimum atomic E-state index is -0.397. The van der Waals surface area contributed by atoms with E-state index in [0.29, 0.717) is 24.7 Å². The number of aliphatic hydroxyl groups excluding tert-OH is 1. The molecular formula is C12H16ClN3O2. The summed E-state index contributed by atoms with van der Waals surface area (Å²) in [6.45, 7) is 2.85. The highest BCUT2D eigenvalue weighted by Crippen LogP contribution is 2.20. The molecule has 6 heteroatoms. The lowest BCUT2D eigenvalue weighted by atomic mass is 10.2. The Hall–Kier alpha value is -1.33. The first-order valence-electron chi connectivity index (χ1n) is 5.83. The van der Waals surface area contributed by atoms with E-state index in [2.05, 4.69) is 5.10 Å². The fourth-order valence-electron chi connectivity index (χ4n) is 2.04. The molecule has 1 fully saturated rings. The Labute approximate surface area is 111 Å². The molecule has 0 bridgehead atoms. The fraction of sp³-hybridized carbons (Fsp3) is 0.500. The van der Waals surface area contributed by atoms with Gasteiger partial charge in [-0.25, -0.2) is 0 Å². The Morgan fingerprint density at radius 1 is 1.61 bits per heavy atom. The van der Waals surface area contributed by atoms with Crippen molar-refractivity contribution in [2.45, 2.75) is 19.4 Å². The Morgan fingerprint density at radius 2 is 2.33 bits per heavy atom. The van der Waals surface area contributed by atoms with Gasteiger partial charge in [-0.3, -0.25) is 9.48 Å². The summed E-state index contributed by atoms with van der Waals surface area (Å²) < 4.78 is 1.57. The molecule has 1 N–H and O–H groups in total. The van der Waals surface area contributed by atoms with Crippen LogP contribution in [0.1, 0.15) is 17.7 Å². The molecule has 0 unspecified atom stereocenters. The van der Waals surface area contributed by atoms with E-state index in [4.69, 9.17) is 11.6 Å². The summed E-state index contributed by atoms with van der Waals surface area (Å²) in [5, 5.41) is 14.1. The van der Waals surface area contributed by atoms with Gasteiger partial charge in [0.1, 0.15) is 5.15 Å². The maximum Gasteiger partial charge on any atom is 0.246 e. The number of rotatable bonds is 2. The van der Waals surface area contributed by atoms with Crippen molar-refractivity contribution in [2.75, 3.05) is 13.1 Å². The second-order valence-electron chi connectivity index (χ2n) is 4.47. The Bertz CT molecular complexity index is 496. The number of carbonyl (C=O) groups excluding carboxylic acids is 1. The summed E-state index contributed by atoms with van der Waals surface area (Å²) in [5.74, 6) is -0.106. The number of nitrogens with zero attached hydrogens (tertiary/aromatic N) is 3. The molecular weight excluding hydrogens is 254 g/mol. The summed E-state index contributed by atoms with van der Waals surface area (Å²) in [5.41, 5.74) is 1.54. The van der Waals surface area contributed by atoms with E-state index in [9.17, 15) is 9.90 Å². The lowest BCUT2D eigenvalue weighted by Gasteiger charge is -2.12. The molecule has 98 valence electrons. The molecule has 2 heterocycles. The van der Waals surface area contributed by atoms with E-state index < -0.39 is 6.10 Å². The van der Waals surface area contributed by atoms with Gasteiger partial charge in [-0.2, -0.15) is 5.10 Å². The lowest BCUT2D eigenvalue weighted by Crippen LogP contribution is -2.27. The normalized spacial score (nSPS) is 20.0. The Morgan fingerprint density at radius 3 is 2.83 bits per heavy atom. The Kier molecular flexibility index (Phi) is 3.73. The molecule has 0 saturated carbocycles. The minimum Gasteiger partial charge on any atom is -0.391 e. The summed E-state index contributed by atoms with van der Waals surface area (Å²) >= 11 is 6.06. The zero-order chi connectivity index (χ0) is 13.3. The summed E-state index contributed by atoms with van der Waals surface area (Å²) in [6, 6.07) is 0. The third-order valence-corrected chi connectivity index (χ3v) is 3.51. The number of hydrogen-bond donors (Lipinski definition) is 1. The van der Waals surface area contributed by atoms with Gasteiger partial charge in [0.25, 0.3) is 0 Å². The summed E-state index contributed by atoms with van der Waals surface area (Å²) in [7, 11) is 1.76. The van der Waals surface area contributed by atoms with Gasteiger partial charge < -0.3 is 10.0 Å². The zero-order valence-electron chi connectivity index (χ0n) is 10.4. The van der Waals surface area contributed by atoms with Gasteiger partial charge in [0, 0.05) is 31.8 Å². The van der Waals surface area contributed by atoms with Gasteiger partial charge in [-0.15, -0.1) is 0 Å². The molecule has 5 nitrogen and oxygen atoms in total. The maximum atomic E-state index is 11.9. The predicted molar refractivity (Wildman–Crippen MR) is 69.2 cm³/mol. The van der Waals surface area contributed by atoms with Crippen LogP contribution in [0.25, 0.3) is 6.08 Å². The first-order valence-corrected chi connectivity index (χ1v) is 6.21. The number of likely N-dealkylation sites (tertiary alicyclic amines) is 1. The molecule has 0 aliphatic carbocycles. The van der Waals surface area contributed by atoms with Crippen molar-refractivity contribution in [3.05, 3.63) is 22.5 Å². The van der Waals surface area contributed by atoms with Crippen LogP contribution in [0, 0.1) is 6.92 Å². The molecule has 2 rings (SSSR count). The van der Waals surface area contributed by atoms with Gasteiger partial charge in [0.2, 0.25) is 5.91 Å². The van der Waals surface area contributed by atoms with Crippen molar-refractivity contribution >= 4 is 23.6 Å². The van der Waals surface area contributed by atoms with Crippen molar-refractivity contribution in [2.24, 2.45) is 7.05 Å². The van der Waals surface area contributed by atoms with Crippen LogP contribution < -0.4 is 0 Å². The average molecular weight is 270 g/mol. The van der Waals surface area contributed by atoms with Gasteiger partial charge in [0.05, 0.1) is 11.8 Å². The third kappa shape index (κ3) is 2.57. The molecule has 0 aromatic carbocycles. The van der Waals surface area contributed by atoms with Crippen molar-refractivity contribution in [1.82, 2.24) is 14.7 Å². The monoisotopic (exact) mass is 269 g/mol. The van der Waals surface area contributed by atoms with E-state index in [1.54, 1.807) is 22.7 Å². The van der Waals surface area contributed by atoms with Gasteiger partial charge in [-0.05, 0) is 19.4 Å². The van der Waals surface area contributed by atoms with Crippen LogP contribution in [0.4, 0.5) is 0 Å². The second-order valence-corrected chi connectivity index (χ2v) is 4.83. The standard InChI is InChI=1S/C12H16ClN3O2/c1-8-10(12(13)15(2)14-8)3-4-11(18)16-6-5-9(17)7-16/h3-4,9,17H,5-7H2,1-2H3/t9-/m1/s1. The van der Waals surface area contributed by atoms with Crippen LogP contribution in [-0.2, 0) is 11.8 Å². The van der Waals surface area contributed by atoms with E-state index in [1.165, 1.54) is 6.08 Å². The molecule has 0 radical (unpaired) electrons. The molecule has 0 spiro atoms. The van der Waals surface area contributed by atoms with Crippen LogP contribution in [0.15, 0.2) is 6.08 Å². The van der Waals surface area contributed by atoms with Crippen LogP contribution in [0.2, 0.25) is 5.15 Å². The quantitative estimate of drug-likeness (QED) is 0.815. The lowest BCUT2D eigenvalue weighted by molar-refractivity contribution is -0.125. The van der Waals surface area contributed by atoms with Crippen LogP contribution in [-0.4, -0.2) is 44.9 Å². The molecule has 1 saturated heterocycles. The first-order chi connectivity index (χ1) is 8.49. The van der Waals surface area contributed by atoms with Gasteiger partial charge in [-0.1, -0.05) is 11.6 Å². The maximum absolute atomic E-state index is 11.9. The number of aromatic nitrogens is 2. The number of amides is 1. The number of hydrogen-bond acceptors (Lipinski definition) is 3. The number of aryl methyl sites for hydroxylation is 2. The zero-order valence-corrected chi connectivity index (χ0v) is 11.2. The number of aliphatic hydroxyl groups is 1. The average Bonchev–Trinajstić information content (AvgIpc) is 2.83. The first kappa shape index (κ1) is 13.1. The molecule has 1 aromatic heterocycles. The highest BCUT2D eigenvalue weighted by Gasteiger charge is 2.22. The second kappa shape index (κ2) is 5.12.